The zero-order valence-electron chi connectivity index (χ0n) is 12.4. The van der Waals surface area contributed by atoms with Crippen molar-refractivity contribution in [1.82, 2.24) is 4.98 Å². The number of fused-ring (bicyclic) bond motifs is 1. The van der Waals surface area contributed by atoms with Gasteiger partial charge in [0.05, 0.1) is 12.8 Å². The molecule has 0 unspecified atom stereocenters. The molecule has 2 aromatic carbocycles. The number of hydrogen-bond acceptors (Lipinski definition) is 2. The lowest BCUT2D eigenvalue weighted by Crippen LogP contribution is -1.90. The molecule has 0 saturated heterocycles. The highest BCUT2D eigenvalue weighted by Gasteiger charge is 2.14. The molecule has 3 rings (SSSR count). The average Bonchev–Trinajstić information content (AvgIpc) is 2.92. The number of rotatable bonds is 4. The molecule has 4 heteroatoms. The molecule has 1 heterocycles. The van der Waals surface area contributed by atoms with Crippen LogP contribution in [0, 0.1) is 5.82 Å². The minimum atomic E-state index is -0.454. The lowest BCUT2D eigenvalue weighted by molar-refractivity contribution is 0.112. The van der Waals surface area contributed by atoms with Crippen LogP contribution in [0.3, 0.4) is 0 Å². The van der Waals surface area contributed by atoms with Gasteiger partial charge in [-0.05, 0) is 42.3 Å². The molecule has 0 atom stereocenters. The Hall–Kier alpha value is -2.62. The van der Waals surface area contributed by atoms with E-state index in [0.717, 1.165) is 29.2 Å². The second kappa shape index (κ2) is 5.64. The minimum absolute atomic E-state index is 0.181. The Morgan fingerprint density at radius 3 is 2.68 bits per heavy atom. The molecule has 0 radical (unpaired) electrons. The molecule has 0 saturated carbocycles. The number of halogens is 1. The van der Waals surface area contributed by atoms with Gasteiger partial charge in [0.2, 0.25) is 0 Å². The van der Waals surface area contributed by atoms with Crippen LogP contribution in [0.2, 0.25) is 0 Å². The summed E-state index contributed by atoms with van der Waals surface area (Å²) in [5.41, 5.74) is 3.82. The van der Waals surface area contributed by atoms with Gasteiger partial charge in [-0.3, -0.25) is 4.79 Å². The summed E-state index contributed by atoms with van der Waals surface area (Å²) < 4.78 is 18.8. The molecule has 112 valence electrons. The van der Waals surface area contributed by atoms with Gasteiger partial charge in [-0.15, -0.1) is 0 Å². The normalized spacial score (nSPS) is 10.9. The SMILES string of the molecule is CCc1ccc2[nH]c(-c3ccc(OC)c(F)c3)c(C=O)c2c1. The van der Waals surface area contributed by atoms with Crippen molar-refractivity contribution < 1.29 is 13.9 Å². The van der Waals surface area contributed by atoms with Crippen LogP contribution in [0.15, 0.2) is 36.4 Å². The van der Waals surface area contributed by atoms with Crippen molar-refractivity contribution in [3.63, 3.8) is 0 Å². The lowest BCUT2D eigenvalue weighted by atomic mass is 10.0. The molecule has 0 aliphatic carbocycles. The number of aromatic amines is 1. The van der Waals surface area contributed by atoms with Gasteiger partial charge in [0.15, 0.2) is 17.9 Å². The predicted octanol–water partition coefficient (Wildman–Crippen LogP) is 4.36. The van der Waals surface area contributed by atoms with Crippen LogP contribution < -0.4 is 4.74 Å². The van der Waals surface area contributed by atoms with Crippen molar-refractivity contribution in [2.45, 2.75) is 13.3 Å². The third-order valence-electron chi connectivity index (χ3n) is 3.87. The summed E-state index contributed by atoms with van der Waals surface area (Å²) in [5.74, 6) is -0.273. The second-order valence-electron chi connectivity index (χ2n) is 5.11. The minimum Gasteiger partial charge on any atom is -0.494 e. The maximum Gasteiger partial charge on any atom is 0.165 e. The lowest BCUT2D eigenvalue weighted by Gasteiger charge is -2.04. The van der Waals surface area contributed by atoms with E-state index in [9.17, 15) is 9.18 Å². The fourth-order valence-corrected chi connectivity index (χ4v) is 2.65. The average molecular weight is 297 g/mol. The van der Waals surface area contributed by atoms with E-state index < -0.39 is 5.82 Å². The van der Waals surface area contributed by atoms with Crippen LogP contribution in [-0.4, -0.2) is 18.4 Å². The van der Waals surface area contributed by atoms with Gasteiger partial charge in [-0.25, -0.2) is 4.39 Å². The summed E-state index contributed by atoms with van der Waals surface area (Å²) >= 11 is 0. The van der Waals surface area contributed by atoms with Crippen LogP contribution >= 0.6 is 0 Å². The van der Waals surface area contributed by atoms with Gasteiger partial charge in [0, 0.05) is 22.0 Å². The highest BCUT2D eigenvalue weighted by atomic mass is 19.1. The van der Waals surface area contributed by atoms with E-state index in [1.807, 2.05) is 18.2 Å². The molecular weight excluding hydrogens is 281 g/mol. The number of hydrogen-bond donors (Lipinski definition) is 1. The predicted molar refractivity (Wildman–Crippen MR) is 85.0 cm³/mol. The summed E-state index contributed by atoms with van der Waals surface area (Å²) in [7, 11) is 1.42. The van der Waals surface area contributed by atoms with Crippen LogP contribution in [0.1, 0.15) is 22.8 Å². The van der Waals surface area contributed by atoms with E-state index >= 15 is 0 Å². The highest BCUT2D eigenvalue weighted by molar-refractivity contribution is 6.04. The van der Waals surface area contributed by atoms with Gasteiger partial charge in [-0.2, -0.15) is 0 Å². The summed E-state index contributed by atoms with van der Waals surface area (Å²) in [6.45, 7) is 2.06. The van der Waals surface area contributed by atoms with Crippen molar-refractivity contribution in [2.75, 3.05) is 7.11 Å². The van der Waals surface area contributed by atoms with Gasteiger partial charge >= 0.3 is 0 Å². The summed E-state index contributed by atoms with van der Waals surface area (Å²) in [4.78, 5) is 14.8. The second-order valence-corrected chi connectivity index (χ2v) is 5.11. The first-order chi connectivity index (χ1) is 10.7. The number of carbonyl (C=O) groups is 1. The molecule has 0 amide bonds. The summed E-state index contributed by atoms with van der Waals surface area (Å²) in [6.07, 6.45) is 1.71. The first-order valence-corrected chi connectivity index (χ1v) is 7.11. The third-order valence-corrected chi connectivity index (χ3v) is 3.87. The van der Waals surface area contributed by atoms with E-state index in [-0.39, 0.29) is 5.75 Å². The molecule has 1 aromatic heterocycles. The Kier molecular flexibility index (Phi) is 3.67. The van der Waals surface area contributed by atoms with Crippen molar-refractivity contribution in [2.24, 2.45) is 0 Å². The quantitative estimate of drug-likeness (QED) is 0.727. The van der Waals surface area contributed by atoms with Crippen LogP contribution in [0.25, 0.3) is 22.2 Å². The van der Waals surface area contributed by atoms with Gasteiger partial charge in [0.1, 0.15) is 0 Å². The zero-order chi connectivity index (χ0) is 15.7. The fourth-order valence-electron chi connectivity index (χ4n) is 2.65. The highest BCUT2D eigenvalue weighted by Crippen LogP contribution is 2.32. The zero-order valence-corrected chi connectivity index (χ0v) is 12.4. The van der Waals surface area contributed by atoms with E-state index in [1.165, 1.54) is 13.2 Å². The number of carbonyl (C=O) groups excluding carboxylic acids is 1. The van der Waals surface area contributed by atoms with Crippen LogP contribution in [0.4, 0.5) is 4.39 Å². The number of H-pyrrole nitrogens is 1. The van der Waals surface area contributed by atoms with E-state index in [4.69, 9.17) is 4.74 Å². The first-order valence-electron chi connectivity index (χ1n) is 7.11. The Morgan fingerprint density at radius 1 is 1.23 bits per heavy atom. The molecule has 22 heavy (non-hydrogen) atoms. The van der Waals surface area contributed by atoms with Crippen molar-refractivity contribution in [1.29, 1.82) is 0 Å². The topological polar surface area (TPSA) is 42.1 Å². The van der Waals surface area contributed by atoms with Crippen molar-refractivity contribution in [3.8, 4) is 17.0 Å². The molecule has 0 fully saturated rings. The number of aldehydes is 1. The van der Waals surface area contributed by atoms with Gasteiger partial charge in [-0.1, -0.05) is 13.0 Å². The van der Waals surface area contributed by atoms with Gasteiger partial charge < -0.3 is 9.72 Å². The number of nitrogens with one attached hydrogen (secondary N) is 1. The Balaban J connectivity index is 2.22. The van der Waals surface area contributed by atoms with E-state index in [0.29, 0.717) is 16.8 Å². The van der Waals surface area contributed by atoms with Crippen LogP contribution in [0.5, 0.6) is 5.75 Å². The number of aryl methyl sites for hydroxylation is 1. The standard InChI is InChI=1S/C18H16FNO2/c1-3-11-4-6-16-13(8-11)14(10-21)18(20-16)12-5-7-17(22-2)15(19)9-12/h4-10,20H,3H2,1-2H3. The van der Waals surface area contributed by atoms with Crippen molar-refractivity contribution >= 4 is 17.2 Å². The Labute approximate surface area is 127 Å². The molecule has 0 bridgehead atoms. The maximum atomic E-state index is 13.9. The molecular formula is C18H16FNO2. The molecule has 3 nitrogen and oxygen atoms in total. The van der Waals surface area contributed by atoms with Crippen LogP contribution in [-0.2, 0) is 6.42 Å². The summed E-state index contributed by atoms with van der Waals surface area (Å²) in [5, 5.41) is 0.862. The summed E-state index contributed by atoms with van der Waals surface area (Å²) in [6, 6.07) is 10.6. The smallest absolute Gasteiger partial charge is 0.165 e. The molecule has 0 spiro atoms. The Bertz CT molecular complexity index is 852. The number of ether oxygens (including phenoxy) is 1. The van der Waals surface area contributed by atoms with Crippen molar-refractivity contribution in [3.05, 3.63) is 53.3 Å². The third kappa shape index (κ3) is 2.26. The monoisotopic (exact) mass is 297 g/mol. The largest absolute Gasteiger partial charge is 0.494 e. The molecule has 0 aliphatic rings. The number of methoxy groups -OCH3 is 1. The fraction of sp³-hybridized carbons (Fsp3) is 0.167. The molecule has 1 N–H and O–H groups in total. The van der Waals surface area contributed by atoms with E-state index in [2.05, 4.69) is 11.9 Å². The molecule has 3 aromatic rings. The van der Waals surface area contributed by atoms with Gasteiger partial charge in [0.25, 0.3) is 0 Å². The maximum absolute atomic E-state index is 13.9. The number of benzene rings is 2. The first kappa shape index (κ1) is 14.3. The Morgan fingerprint density at radius 2 is 2.05 bits per heavy atom. The molecule has 0 aliphatic heterocycles. The number of aromatic nitrogens is 1. The van der Waals surface area contributed by atoms with E-state index in [1.54, 1.807) is 12.1 Å².